The van der Waals surface area contributed by atoms with Gasteiger partial charge >= 0.3 is 0 Å². The van der Waals surface area contributed by atoms with Crippen LogP contribution >= 0.6 is 11.6 Å². The van der Waals surface area contributed by atoms with E-state index < -0.39 is 33.1 Å². The number of hydrogen-bond acceptors (Lipinski definition) is 6. The summed E-state index contributed by atoms with van der Waals surface area (Å²) in [5.74, 6) is -1.35. The van der Waals surface area contributed by atoms with E-state index in [9.17, 15) is 25.3 Å². The summed E-state index contributed by atoms with van der Waals surface area (Å²) in [4.78, 5) is 24.5. The van der Waals surface area contributed by atoms with E-state index in [1.807, 2.05) is 0 Å². The van der Waals surface area contributed by atoms with Gasteiger partial charge in [0.1, 0.15) is 11.6 Å². The van der Waals surface area contributed by atoms with Crippen molar-refractivity contribution in [3.63, 3.8) is 0 Å². The molecule has 1 aromatic carbocycles. The Balaban J connectivity index is 3.78. The van der Waals surface area contributed by atoms with E-state index >= 15 is 0 Å². The number of anilines is 1. The van der Waals surface area contributed by atoms with Gasteiger partial charge in [0.2, 0.25) is 0 Å². The first-order chi connectivity index (χ1) is 10.9. The lowest BCUT2D eigenvalue weighted by molar-refractivity contribution is -0.385. The van der Waals surface area contributed by atoms with Crippen molar-refractivity contribution in [3.8, 4) is 6.07 Å². The Morgan fingerprint density at radius 2 is 1.92 bits per heavy atom. The van der Waals surface area contributed by atoms with Gasteiger partial charge in [0.05, 0.1) is 21.2 Å². The molecule has 8 heteroatoms. The maximum Gasteiger partial charge on any atom is 0.282 e. The molecule has 0 spiro atoms. The van der Waals surface area contributed by atoms with Crippen LogP contribution in [0.25, 0.3) is 5.76 Å². The second-order valence-corrected chi connectivity index (χ2v) is 6.79. The number of aliphatic hydroxyl groups excluding tert-OH is 1. The quantitative estimate of drug-likeness (QED) is 0.291. The van der Waals surface area contributed by atoms with E-state index in [0.29, 0.717) is 5.69 Å². The van der Waals surface area contributed by atoms with Gasteiger partial charge in [0.15, 0.2) is 11.5 Å². The van der Waals surface area contributed by atoms with Crippen LogP contribution in [0.3, 0.4) is 0 Å². The molecule has 0 aromatic heterocycles. The van der Waals surface area contributed by atoms with Crippen LogP contribution in [0.2, 0.25) is 5.02 Å². The van der Waals surface area contributed by atoms with Gasteiger partial charge in [-0.05, 0) is 6.07 Å². The highest BCUT2D eigenvalue weighted by molar-refractivity contribution is 6.33. The highest BCUT2D eigenvalue weighted by atomic mass is 35.5. The summed E-state index contributed by atoms with van der Waals surface area (Å²) in [7, 11) is 3.34. The highest BCUT2D eigenvalue weighted by Crippen LogP contribution is 2.37. The number of carbonyl (C=O) groups excluding carboxylic acids is 1. The monoisotopic (exact) mass is 351 g/mol. The number of aliphatic hydroxyl groups is 1. The Kier molecular flexibility index (Phi) is 5.58. The topological polar surface area (TPSA) is 107 Å². The summed E-state index contributed by atoms with van der Waals surface area (Å²) in [6.07, 6.45) is 0. The molecule has 1 aromatic rings. The number of nitrogens with zero attached hydrogens (tertiary/aromatic N) is 3. The van der Waals surface area contributed by atoms with Crippen LogP contribution in [-0.4, -0.2) is 29.9 Å². The van der Waals surface area contributed by atoms with Gasteiger partial charge in [-0.25, -0.2) is 0 Å². The lowest BCUT2D eigenvalue weighted by atomic mass is 9.85. The Bertz CT molecular complexity index is 771. The Hall–Kier alpha value is -2.59. The minimum absolute atomic E-state index is 0.115. The van der Waals surface area contributed by atoms with E-state index in [1.165, 1.54) is 6.07 Å². The van der Waals surface area contributed by atoms with Crippen molar-refractivity contribution in [2.75, 3.05) is 19.0 Å². The van der Waals surface area contributed by atoms with Crippen molar-refractivity contribution in [1.82, 2.24) is 0 Å². The summed E-state index contributed by atoms with van der Waals surface area (Å²) in [6.45, 7) is 4.75. The van der Waals surface area contributed by atoms with Crippen molar-refractivity contribution in [1.29, 1.82) is 5.26 Å². The molecule has 0 unspecified atom stereocenters. The molecule has 0 bridgehead atoms. The number of nitro groups is 1. The van der Waals surface area contributed by atoms with Crippen LogP contribution in [0.4, 0.5) is 11.4 Å². The number of nitro benzene ring substituents is 1. The van der Waals surface area contributed by atoms with Gasteiger partial charge in [-0.2, -0.15) is 5.26 Å². The molecule has 0 saturated carbocycles. The van der Waals surface area contributed by atoms with Crippen molar-refractivity contribution < 1.29 is 14.8 Å². The summed E-state index contributed by atoms with van der Waals surface area (Å²) in [6, 6.07) is 4.01. The van der Waals surface area contributed by atoms with Crippen LogP contribution in [0.5, 0.6) is 0 Å². The van der Waals surface area contributed by atoms with Crippen molar-refractivity contribution in [2.24, 2.45) is 5.41 Å². The molecular weight excluding hydrogens is 334 g/mol. The molecule has 1 rings (SSSR count). The summed E-state index contributed by atoms with van der Waals surface area (Å²) >= 11 is 6.02. The predicted molar refractivity (Wildman–Crippen MR) is 92.1 cm³/mol. The van der Waals surface area contributed by atoms with Crippen LogP contribution in [0.15, 0.2) is 17.7 Å². The number of allylic oxidation sites excluding steroid dienone is 1. The minimum atomic E-state index is -0.926. The average Bonchev–Trinajstić information content (AvgIpc) is 2.45. The fraction of sp³-hybridized carbons (Fsp3) is 0.375. The highest BCUT2D eigenvalue weighted by Gasteiger charge is 2.31. The molecule has 24 heavy (non-hydrogen) atoms. The van der Waals surface area contributed by atoms with Crippen LogP contribution in [0, 0.1) is 26.9 Å². The van der Waals surface area contributed by atoms with Crippen molar-refractivity contribution >= 4 is 34.5 Å². The maximum atomic E-state index is 12.3. The van der Waals surface area contributed by atoms with Gasteiger partial charge in [0.25, 0.3) is 5.69 Å². The zero-order valence-corrected chi connectivity index (χ0v) is 14.8. The third kappa shape index (κ3) is 3.84. The number of hydrogen-bond donors (Lipinski definition) is 1. The number of Topliss-reactive ketones (excluding diaryl/α,β-unsaturated/α-hetero) is 1. The van der Waals surface area contributed by atoms with Gasteiger partial charge in [-0.1, -0.05) is 32.4 Å². The molecule has 0 heterocycles. The second kappa shape index (κ2) is 6.89. The largest absolute Gasteiger partial charge is 0.506 e. The van der Waals surface area contributed by atoms with Crippen molar-refractivity contribution in [2.45, 2.75) is 20.8 Å². The number of halogens is 1. The lowest BCUT2D eigenvalue weighted by Gasteiger charge is -2.18. The van der Waals surface area contributed by atoms with Crippen LogP contribution in [-0.2, 0) is 4.79 Å². The van der Waals surface area contributed by atoms with E-state index in [0.717, 1.165) is 6.07 Å². The molecule has 7 nitrogen and oxygen atoms in total. The third-order valence-corrected chi connectivity index (χ3v) is 3.56. The van der Waals surface area contributed by atoms with Gasteiger partial charge in [0, 0.05) is 25.6 Å². The van der Waals surface area contributed by atoms with Crippen LogP contribution in [0.1, 0.15) is 26.3 Å². The average molecular weight is 352 g/mol. The fourth-order valence-electron chi connectivity index (χ4n) is 1.96. The number of benzene rings is 1. The normalized spacial score (nSPS) is 12.2. The molecule has 0 aliphatic rings. The van der Waals surface area contributed by atoms with Gasteiger partial charge < -0.3 is 10.0 Å². The maximum absolute atomic E-state index is 12.3. The van der Waals surface area contributed by atoms with Crippen LogP contribution < -0.4 is 4.90 Å². The Morgan fingerprint density at radius 1 is 1.38 bits per heavy atom. The first-order valence-electron chi connectivity index (χ1n) is 6.95. The first kappa shape index (κ1) is 19.5. The molecule has 0 aliphatic heterocycles. The van der Waals surface area contributed by atoms with Gasteiger partial charge in [-0.15, -0.1) is 0 Å². The molecule has 0 atom stereocenters. The lowest BCUT2D eigenvalue weighted by Crippen LogP contribution is -2.22. The number of nitriles is 1. The van der Waals surface area contributed by atoms with E-state index in [-0.39, 0.29) is 10.6 Å². The smallest absolute Gasteiger partial charge is 0.282 e. The number of carbonyl (C=O) groups is 1. The van der Waals surface area contributed by atoms with E-state index in [4.69, 9.17) is 11.6 Å². The molecule has 0 amide bonds. The number of ketones is 1. The molecule has 0 saturated heterocycles. The molecule has 128 valence electrons. The predicted octanol–water partition coefficient (Wildman–Crippen LogP) is 3.72. The molecule has 0 aliphatic carbocycles. The summed E-state index contributed by atoms with van der Waals surface area (Å²) in [5, 5.41) is 31.1. The Morgan fingerprint density at radius 3 is 2.29 bits per heavy atom. The van der Waals surface area contributed by atoms with E-state index in [2.05, 4.69) is 0 Å². The molecule has 0 fully saturated rings. The first-order valence-corrected chi connectivity index (χ1v) is 7.33. The molecule has 1 N–H and O–H groups in total. The minimum Gasteiger partial charge on any atom is -0.506 e. The Labute approximate surface area is 144 Å². The second-order valence-electron chi connectivity index (χ2n) is 6.39. The summed E-state index contributed by atoms with van der Waals surface area (Å²) in [5.41, 5.74) is -1.77. The zero-order chi connectivity index (χ0) is 18.8. The van der Waals surface area contributed by atoms with Gasteiger partial charge in [-0.3, -0.25) is 14.9 Å². The molecular formula is C16H18ClN3O4. The number of rotatable bonds is 4. The zero-order valence-electron chi connectivity index (χ0n) is 14.0. The third-order valence-electron chi connectivity index (χ3n) is 3.26. The fourth-order valence-corrected chi connectivity index (χ4v) is 2.28. The molecule has 0 radical (unpaired) electrons. The summed E-state index contributed by atoms with van der Waals surface area (Å²) < 4.78 is 0. The van der Waals surface area contributed by atoms with Crippen molar-refractivity contribution in [3.05, 3.63) is 38.4 Å². The SMILES string of the molecule is CN(C)c1cc(C(O)=C(C#N)C(=O)C(C)(C)C)c([N+](=O)[O-])cc1Cl. The van der Waals surface area contributed by atoms with E-state index in [1.54, 1.807) is 45.8 Å². The standard InChI is InChI=1S/C16H18ClN3O4/c1-16(2,3)15(22)10(8-18)14(21)9-6-13(19(4)5)11(17)7-12(9)20(23)24/h6-7,21H,1-5H3.